The number of nitrogens with zero attached hydrogens (tertiary/aromatic N) is 2. The number of pyridine rings is 1. The van der Waals surface area contributed by atoms with Crippen LogP contribution in [-0.4, -0.2) is 28.6 Å². The molecule has 0 aliphatic carbocycles. The Morgan fingerprint density at radius 3 is 2.38 bits per heavy atom. The molecule has 1 unspecified atom stereocenters. The predicted octanol–water partition coefficient (Wildman–Crippen LogP) is 4.60. The van der Waals surface area contributed by atoms with Crippen molar-refractivity contribution in [3.8, 4) is 5.75 Å². The van der Waals surface area contributed by atoms with Crippen LogP contribution in [0.3, 0.4) is 0 Å². The first kappa shape index (κ1) is 23.0. The Bertz CT molecular complexity index is 1130. The molecule has 3 rings (SSSR count). The zero-order valence-electron chi connectivity index (χ0n) is 17.9. The van der Waals surface area contributed by atoms with Crippen molar-refractivity contribution in [3.63, 3.8) is 0 Å². The van der Waals surface area contributed by atoms with Gasteiger partial charge in [-0.1, -0.05) is 23.7 Å². The van der Waals surface area contributed by atoms with E-state index >= 15 is 0 Å². The minimum absolute atomic E-state index is 0.276. The molecule has 164 valence electrons. The van der Waals surface area contributed by atoms with Crippen LogP contribution in [0.15, 0.2) is 72.1 Å². The summed E-state index contributed by atoms with van der Waals surface area (Å²) in [4.78, 5) is 28.4. The molecular weight excluding hydrogens is 428 g/mol. The third-order valence-electron chi connectivity index (χ3n) is 4.65. The van der Waals surface area contributed by atoms with Crippen molar-refractivity contribution < 1.29 is 14.3 Å². The van der Waals surface area contributed by atoms with E-state index in [2.05, 4.69) is 20.8 Å². The number of amides is 2. The molecule has 0 saturated carbocycles. The highest BCUT2D eigenvalue weighted by Crippen LogP contribution is 2.23. The van der Waals surface area contributed by atoms with E-state index in [9.17, 15) is 9.59 Å². The van der Waals surface area contributed by atoms with Crippen LogP contribution in [0.1, 0.15) is 35.3 Å². The summed E-state index contributed by atoms with van der Waals surface area (Å²) in [6, 6.07) is 15.6. The fraction of sp³-hybridized carbons (Fsp3) is 0.167. The van der Waals surface area contributed by atoms with Crippen molar-refractivity contribution in [2.75, 3.05) is 5.32 Å². The van der Waals surface area contributed by atoms with Gasteiger partial charge in [-0.3, -0.25) is 14.6 Å². The summed E-state index contributed by atoms with van der Waals surface area (Å²) < 4.78 is 5.75. The van der Waals surface area contributed by atoms with Gasteiger partial charge in [0.25, 0.3) is 11.8 Å². The molecule has 3 aromatic rings. The van der Waals surface area contributed by atoms with Crippen LogP contribution in [0, 0.1) is 6.92 Å². The van der Waals surface area contributed by atoms with Gasteiger partial charge in [-0.15, -0.1) is 0 Å². The molecule has 0 saturated heterocycles. The van der Waals surface area contributed by atoms with Gasteiger partial charge in [0.1, 0.15) is 5.75 Å². The molecular formula is C24H23ClN4O3. The summed E-state index contributed by atoms with van der Waals surface area (Å²) in [5.74, 6) is 0.00990. The Hall–Kier alpha value is -3.71. The van der Waals surface area contributed by atoms with Crippen LogP contribution < -0.4 is 15.5 Å². The zero-order chi connectivity index (χ0) is 23.1. The lowest BCUT2D eigenvalue weighted by atomic mass is 10.1. The maximum atomic E-state index is 12.5. The fourth-order valence-corrected chi connectivity index (χ4v) is 3.02. The first-order chi connectivity index (χ1) is 15.3. The number of ether oxygens (including phenoxy) is 1. The van der Waals surface area contributed by atoms with Crippen LogP contribution >= 0.6 is 11.6 Å². The topological polar surface area (TPSA) is 92.7 Å². The van der Waals surface area contributed by atoms with Crippen molar-refractivity contribution in [3.05, 3.63) is 88.7 Å². The van der Waals surface area contributed by atoms with Gasteiger partial charge in [-0.2, -0.15) is 5.10 Å². The standard InChI is InChI=1S/C24H23ClN4O3/c1-15-14-20(25)6-9-22(15)32-17(3)23(30)27-21-7-4-18(5-8-21)16(2)28-29-24(31)19-10-12-26-13-11-19/h4-14,17H,1-3H3,(H,27,30)(H,29,31). The second-order valence-electron chi connectivity index (χ2n) is 7.11. The van der Waals surface area contributed by atoms with Crippen molar-refractivity contribution in [1.29, 1.82) is 0 Å². The van der Waals surface area contributed by atoms with Crippen molar-refractivity contribution >= 4 is 34.8 Å². The molecule has 2 amide bonds. The number of hydrogen-bond acceptors (Lipinski definition) is 5. The maximum Gasteiger partial charge on any atom is 0.271 e. The van der Waals surface area contributed by atoms with Crippen molar-refractivity contribution in [1.82, 2.24) is 10.4 Å². The Labute approximate surface area is 191 Å². The second kappa shape index (κ2) is 10.5. The van der Waals surface area contributed by atoms with E-state index in [0.717, 1.165) is 11.1 Å². The van der Waals surface area contributed by atoms with Gasteiger partial charge in [0.2, 0.25) is 0 Å². The summed E-state index contributed by atoms with van der Waals surface area (Å²) >= 11 is 5.96. The number of aromatic nitrogens is 1. The number of nitrogens with one attached hydrogen (secondary N) is 2. The molecule has 7 nitrogen and oxygen atoms in total. The number of anilines is 1. The van der Waals surface area contributed by atoms with Crippen molar-refractivity contribution in [2.45, 2.75) is 26.9 Å². The molecule has 1 atom stereocenters. The number of hydrazone groups is 1. The molecule has 0 spiro atoms. The Kier molecular flexibility index (Phi) is 7.57. The number of halogens is 1. The largest absolute Gasteiger partial charge is 0.481 e. The number of aryl methyl sites for hydroxylation is 1. The third kappa shape index (κ3) is 6.15. The summed E-state index contributed by atoms with van der Waals surface area (Å²) in [6.07, 6.45) is 2.39. The normalized spacial score (nSPS) is 12.1. The van der Waals surface area contributed by atoms with Crippen LogP contribution in [0.5, 0.6) is 5.75 Å². The minimum atomic E-state index is -0.693. The van der Waals surface area contributed by atoms with Crippen LogP contribution in [0.2, 0.25) is 5.02 Å². The molecule has 1 aromatic heterocycles. The third-order valence-corrected chi connectivity index (χ3v) is 4.88. The van der Waals surface area contributed by atoms with E-state index in [4.69, 9.17) is 16.3 Å². The van der Waals surface area contributed by atoms with Gasteiger partial charge in [0.05, 0.1) is 5.71 Å². The van der Waals surface area contributed by atoms with E-state index < -0.39 is 6.10 Å². The van der Waals surface area contributed by atoms with E-state index in [1.807, 2.05) is 19.1 Å². The van der Waals surface area contributed by atoms with Gasteiger partial charge in [0.15, 0.2) is 6.10 Å². The predicted molar refractivity (Wildman–Crippen MR) is 125 cm³/mol. The molecule has 0 aliphatic rings. The molecule has 0 fully saturated rings. The van der Waals surface area contributed by atoms with Gasteiger partial charge in [0, 0.05) is 28.7 Å². The lowest BCUT2D eigenvalue weighted by Crippen LogP contribution is -2.30. The highest BCUT2D eigenvalue weighted by atomic mass is 35.5. The molecule has 2 aromatic carbocycles. The lowest BCUT2D eigenvalue weighted by Gasteiger charge is -2.16. The average Bonchev–Trinajstić information content (AvgIpc) is 2.80. The van der Waals surface area contributed by atoms with Gasteiger partial charge in [-0.25, -0.2) is 5.43 Å². The summed E-state index contributed by atoms with van der Waals surface area (Å²) in [6.45, 7) is 5.33. The second-order valence-corrected chi connectivity index (χ2v) is 7.55. The SMILES string of the molecule is CC(=NNC(=O)c1ccncc1)c1ccc(NC(=O)C(C)Oc2ccc(Cl)cc2C)cc1. The summed E-state index contributed by atoms with van der Waals surface area (Å²) in [7, 11) is 0. The highest BCUT2D eigenvalue weighted by Gasteiger charge is 2.16. The molecule has 0 radical (unpaired) electrons. The number of benzene rings is 2. The van der Waals surface area contributed by atoms with Gasteiger partial charge < -0.3 is 10.1 Å². The Balaban J connectivity index is 1.57. The van der Waals surface area contributed by atoms with E-state index in [1.54, 1.807) is 68.7 Å². The lowest BCUT2D eigenvalue weighted by molar-refractivity contribution is -0.122. The number of rotatable bonds is 7. The maximum absolute atomic E-state index is 12.5. The van der Waals surface area contributed by atoms with Crippen LogP contribution in [0.4, 0.5) is 5.69 Å². The monoisotopic (exact) mass is 450 g/mol. The Morgan fingerprint density at radius 2 is 1.72 bits per heavy atom. The smallest absolute Gasteiger partial charge is 0.271 e. The van der Waals surface area contributed by atoms with E-state index in [1.165, 1.54) is 0 Å². The molecule has 8 heteroatoms. The van der Waals surface area contributed by atoms with E-state index in [-0.39, 0.29) is 11.8 Å². The van der Waals surface area contributed by atoms with E-state index in [0.29, 0.717) is 27.7 Å². The number of carbonyl (C=O) groups excluding carboxylic acids is 2. The minimum Gasteiger partial charge on any atom is -0.481 e. The van der Waals surface area contributed by atoms with Gasteiger partial charge in [-0.05, 0) is 74.4 Å². The van der Waals surface area contributed by atoms with Gasteiger partial charge >= 0.3 is 0 Å². The zero-order valence-corrected chi connectivity index (χ0v) is 18.7. The Morgan fingerprint density at radius 1 is 1.03 bits per heavy atom. The highest BCUT2D eigenvalue weighted by molar-refractivity contribution is 6.30. The molecule has 32 heavy (non-hydrogen) atoms. The fourth-order valence-electron chi connectivity index (χ4n) is 2.79. The molecule has 2 N–H and O–H groups in total. The molecule has 0 bridgehead atoms. The first-order valence-electron chi connectivity index (χ1n) is 9.92. The quantitative estimate of drug-likeness (QED) is 0.406. The van der Waals surface area contributed by atoms with Crippen molar-refractivity contribution in [2.24, 2.45) is 5.10 Å². The molecule has 0 aliphatic heterocycles. The number of carbonyl (C=O) groups is 2. The average molecular weight is 451 g/mol. The van der Waals surface area contributed by atoms with Crippen LogP contribution in [0.25, 0.3) is 0 Å². The number of hydrogen-bond donors (Lipinski definition) is 2. The first-order valence-corrected chi connectivity index (χ1v) is 10.3. The summed E-state index contributed by atoms with van der Waals surface area (Å²) in [5, 5.41) is 7.57. The summed E-state index contributed by atoms with van der Waals surface area (Å²) in [5.41, 5.74) is 5.89. The van der Waals surface area contributed by atoms with Crippen LogP contribution in [-0.2, 0) is 4.79 Å². The molecule has 1 heterocycles.